The molecule has 0 aliphatic heterocycles. The highest BCUT2D eigenvalue weighted by Crippen LogP contribution is 2.33. The molecule has 19 heavy (non-hydrogen) atoms. The lowest BCUT2D eigenvalue weighted by atomic mass is 9.97. The Morgan fingerprint density at radius 1 is 1.00 bits per heavy atom. The summed E-state index contributed by atoms with van der Waals surface area (Å²) in [5.41, 5.74) is 9.30. The van der Waals surface area contributed by atoms with Gasteiger partial charge in [-0.3, -0.25) is 0 Å². The molecule has 1 atom stereocenters. The lowest BCUT2D eigenvalue weighted by Crippen LogP contribution is -2.15. The van der Waals surface area contributed by atoms with Crippen LogP contribution in [0, 0.1) is 19.7 Å². The molecule has 0 spiro atoms. The van der Waals surface area contributed by atoms with Gasteiger partial charge in [0.05, 0.1) is 6.04 Å². The van der Waals surface area contributed by atoms with Gasteiger partial charge < -0.3 is 5.73 Å². The average Bonchev–Trinajstić information content (AvgIpc) is 2.36. The van der Waals surface area contributed by atoms with Gasteiger partial charge in [0.15, 0.2) is 0 Å². The van der Waals surface area contributed by atoms with Crippen molar-refractivity contribution in [3.8, 4) is 0 Å². The van der Waals surface area contributed by atoms with Crippen molar-refractivity contribution in [3.63, 3.8) is 0 Å². The van der Waals surface area contributed by atoms with E-state index in [0.29, 0.717) is 11.1 Å². The highest BCUT2D eigenvalue weighted by Gasteiger charge is 2.18. The summed E-state index contributed by atoms with van der Waals surface area (Å²) in [6, 6.07) is 8.72. The highest BCUT2D eigenvalue weighted by molar-refractivity contribution is 9.11. The van der Waals surface area contributed by atoms with Gasteiger partial charge in [-0.05, 0) is 42.7 Å². The molecule has 0 aromatic heterocycles. The van der Waals surface area contributed by atoms with Crippen LogP contribution in [0.5, 0.6) is 0 Å². The molecule has 0 aliphatic rings. The molecule has 0 saturated heterocycles. The predicted octanol–water partition coefficient (Wildman–Crippen LogP) is 5.02. The molecule has 0 heterocycles. The standard InChI is InChI=1S/C15H14Br2FN/c1-8-4-3-5-10(14(8)18)15(19)11-7-12(16)9(2)6-13(11)17/h3-7,15H,19H2,1-2H3. The quantitative estimate of drug-likeness (QED) is 0.770. The maximum absolute atomic E-state index is 14.1. The summed E-state index contributed by atoms with van der Waals surface area (Å²) >= 11 is 6.98. The van der Waals surface area contributed by atoms with Crippen LogP contribution in [0.15, 0.2) is 39.3 Å². The summed E-state index contributed by atoms with van der Waals surface area (Å²) in [7, 11) is 0. The Hall–Kier alpha value is -0.710. The Bertz CT molecular complexity index is 626. The largest absolute Gasteiger partial charge is 0.320 e. The molecule has 0 saturated carbocycles. The fraction of sp³-hybridized carbons (Fsp3) is 0.200. The van der Waals surface area contributed by atoms with E-state index in [4.69, 9.17) is 5.73 Å². The Labute approximate surface area is 129 Å². The second-order valence-corrected chi connectivity index (χ2v) is 6.29. The van der Waals surface area contributed by atoms with E-state index in [-0.39, 0.29) is 5.82 Å². The number of hydrogen-bond donors (Lipinski definition) is 1. The fourth-order valence-corrected chi connectivity index (χ4v) is 3.04. The van der Waals surface area contributed by atoms with Crippen molar-refractivity contribution in [2.75, 3.05) is 0 Å². The van der Waals surface area contributed by atoms with Crippen LogP contribution in [0.1, 0.15) is 28.3 Å². The molecule has 2 aromatic rings. The first-order valence-corrected chi connectivity index (χ1v) is 7.46. The normalized spacial score (nSPS) is 12.5. The van der Waals surface area contributed by atoms with E-state index in [2.05, 4.69) is 31.9 Å². The molecule has 2 rings (SSSR count). The van der Waals surface area contributed by atoms with Gasteiger partial charge in [-0.1, -0.05) is 50.1 Å². The van der Waals surface area contributed by atoms with Crippen molar-refractivity contribution in [3.05, 3.63) is 67.3 Å². The molecule has 0 aliphatic carbocycles. The van der Waals surface area contributed by atoms with Gasteiger partial charge in [0.1, 0.15) is 5.82 Å². The lowest BCUT2D eigenvalue weighted by molar-refractivity contribution is 0.590. The molecule has 2 N–H and O–H groups in total. The van der Waals surface area contributed by atoms with Crippen molar-refractivity contribution in [2.45, 2.75) is 19.9 Å². The Morgan fingerprint density at radius 3 is 2.37 bits per heavy atom. The SMILES string of the molecule is Cc1cc(Br)c(C(N)c2cccc(C)c2F)cc1Br. The van der Waals surface area contributed by atoms with Crippen molar-refractivity contribution < 1.29 is 4.39 Å². The van der Waals surface area contributed by atoms with E-state index in [1.54, 1.807) is 19.1 Å². The molecule has 100 valence electrons. The van der Waals surface area contributed by atoms with Crippen molar-refractivity contribution in [1.29, 1.82) is 0 Å². The van der Waals surface area contributed by atoms with Crippen molar-refractivity contribution in [2.24, 2.45) is 5.73 Å². The highest BCUT2D eigenvalue weighted by atomic mass is 79.9. The third-order valence-electron chi connectivity index (χ3n) is 3.17. The van der Waals surface area contributed by atoms with Crippen LogP contribution in [-0.4, -0.2) is 0 Å². The Morgan fingerprint density at radius 2 is 1.68 bits per heavy atom. The molecule has 0 radical (unpaired) electrons. The molecule has 0 bridgehead atoms. The van der Waals surface area contributed by atoms with E-state index in [1.807, 2.05) is 25.1 Å². The number of halogens is 3. The summed E-state index contributed by atoms with van der Waals surface area (Å²) in [5.74, 6) is -0.237. The van der Waals surface area contributed by atoms with Crippen LogP contribution in [0.2, 0.25) is 0 Å². The first-order chi connectivity index (χ1) is 8.91. The second-order valence-electron chi connectivity index (χ2n) is 4.58. The minimum Gasteiger partial charge on any atom is -0.320 e. The zero-order chi connectivity index (χ0) is 14.2. The summed E-state index contributed by atoms with van der Waals surface area (Å²) < 4.78 is 16.0. The van der Waals surface area contributed by atoms with Gasteiger partial charge >= 0.3 is 0 Å². The number of aryl methyl sites for hydroxylation is 2. The Kier molecular flexibility index (Phi) is 4.43. The molecule has 0 fully saturated rings. The first-order valence-electron chi connectivity index (χ1n) is 5.88. The average molecular weight is 387 g/mol. The van der Waals surface area contributed by atoms with Crippen LogP contribution in [0.25, 0.3) is 0 Å². The zero-order valence-corrected chi connectivity index (χ0v) is 13.8. The third kappa shape index (κ3) is 2.91. The van der Waals surface area contributed by atoms with E-state index >= 15 is 0 Å². The molecule has 4 heteroatoms. The molecular weight excluding hydrogens is 373 g/mol. The van der Waals surface area contributed by atoms with Crippen LogP contribution in [-0.2, 0) is 0 Å². The van der Waals surface area contributed by atoms with Crippen molar-refractivity contribution >= 4 is 31.9 Å². The second kappa shape index (κ2) is 5.73. The van der Waals surface area contributed by atoms with E-state index < -0.39 is 6.04 Å². The van der Waals surface area contributed by atoms with Gasteiger partial charge in [0, 0.05) is 14.5 Å². The molecule has 1 unspecified atom stereocenters. The number of nitrogens with two attached hydrogens (primary N) is 1. The van der Waals surface area contributed by atoms with Crippen LogP contribution < -0.4 is 5.73 Å². The molecule has 0 amide bonds. The Balaban J connectivity index is 2.53. The minimum atomic E-state index is -0.494. The predicted molar refractivity (Wildman–Crippen MR) is 83.7 cm³/mol. The van der Waals surface area contributed by atoms with E-state index in [9.17, 15) is 4.39 Å². The molecular formula is C15H14Br2FN. The molecule has 1 nitrogen and oxygen atoms in total. The monoisotopic (exact) mass is 385 g/mol. The van der Waals surface area contributed by atoms with Gasteiger partial charge in [-0.15, -0.1) is 0 Å². The van der Waals surface area contributed by atoms with Crippen LogP contribution >= 0.6 is 31.9 Å². The maximum Gasteiger partial charge on any atom is 0.131 e. The summed E-state index contributed by atoms with van der Waals surface area (Å²) in [4.78, 5) is 0. The lowest BCUT2D eigenvalue weighted by Gasteiger charge is -2.17. The summed E-state index contributed by atoms with van der Waals surface area (Å²) in [6.45, 7) is 3.74. The smallest absolute Gasteiger partial charge is 0.131 e. The summed E-state index contributed by atoms with van der Waals surface area (Å²) in [5, 5.41) is 0. The fourth-order valence-electron chi connectivity index (χ4n) is 1.98. The maximum atomic E-state index is 14.1. The minimum absolute atomic E-state index is 0.237. The molecule has 2 aromatic carbocycles. The van der Waals surface area contributed by atoms with Gasteiger partial charge in [0.25, 0.3) is 0 Å². The van der Waals surface area contributed by atoms with Crippen molar-refractivity contribution in [1.82, 2.24) is 0 Å². The number of rotatable bonds is 2. The van der Waals surface area contributed by atoms with Gasteiger partial charge in [0.2, 0.25) is 0 Å². The number of benzene rings is 2. The van der Waals surface area contributed by atoms with Crippen LogP contribution in [0.3, 0.4) is 0 Å². The summed E-state index contributed by atoms with van der Waals surface area (Å²) in [6.07, 6.45) is 0. The first kappa shape index (κ1) is 14.7. The van der Waals surface area contributed by atoms with E-state index in [0.717, 1.165) is 20.1 Å². The third-order valence-corrected chi connectivity index (χ3v) is 4.71. The number of hydrogen-bond acceptors (Lipinski definition) is 1. The van der Waals surface area contributed by atoms with E-state index in [1.165, 1.54) is 0 Å². The van der Waals surface area contributed by atoms with Gasteiger partial charge in [-0.2, -0.15) is 0 Å². The topological polar surface area (TPSA) is 26.0 Å². The van der Waals surface area contributed by atoms with Gasteiger partial charge in [-0.25, -0.2) is 4.39 Å². The van der Waals surface area contributed by atoms with Crippen LogP contribution in [0.4, 0.5) is 4.39 Å². The zero-order valence-electron chi connectivity index (χ0n) is 10.7.